The molecule has 0 unspecified atom stereocenters. The molecule has 2 nitrogen and oxygen atoms in total. The number of carbonyl (C=O) groups is 1. The zero-order valence-corrected chi connectivity index (χ0v) is 11.3. The maximum Gasteiger partial charge on any atom is 0.158 e. The summed E-state index contributed by atoms with van der Waals surface area (Å²) in [5, 5.41) is 0. The Hall–Kier alpha value is -1.57. The average Bonchev–Trinajstić information content (AvgIpc) is 3.27. The van der Waals surface area contributed by atoms with Crippen LogP contribution < -0.4 is 4.74 Å². The average molecular weight is 255 g/mol. The summed E-state index contributed by atoms with van der Waals surface area (Å²) in [6.45, 7) is 5.12. The number of Topliss-reactive ketones (excluding diaryl/α,β-unsaturated/α-hetero) is 1. The van der Waals surface area contributed by atoms with Gasteiger partial charge in [-0.05, 0) is 24.5 Å². The monoisotopic (exact) mass is 255 g/mol. The van der Waals surface area contributed by atoms with E-state index >= 15 is 0 Å². The molecule has 1 aromatic rings. The van der Waals surface area contributed by atoms with E-state index in [1.807, 2.05) is 18.2 Å². The third-order valence-electron chi connectivity index (χ3n) is 4.63. The van der Waals surface area contributed by atoms with Gasteiger partial charge in [-0.2, -0.15) is 0 Å². The van der Waals surface area contributed by atoms with Gasteiger partial charge in [0.15, 0.2) is 5.78 Å². The van der Waals surface area contributed by atoms with E-state index in [1.165, 1.54) is 11.1 Å². The molecule has 1 radical (unpaired) electrons. The van der Waals surface area contributed by atoms with Gasteiger partial charge in [0.05, 0.1) is 17.9 Å². The molecule has 0 amide bonds. The van der Waals surface area contributed by atoms with Crippen LogP contribution in [0.4, 0.5) is 0 Å². The summed E-state index contributed by atoms with van der Waals surface area (Å²) >= 11 is 0. The minimum Gasteiger partial charge on any atom is -0.492 e. The quantitative estimate of drug-likeness (QED) is 0.828. The molecule has 0 spiro atoms. The van der Waals surface area contributed by atoms with Crippen molar-refractivity contribution in [2.45, 2.75) is 37.5 Å². The fraction of sp³-hybridized carbons (Fsp3) is 0.412. The van der Waals surface area contributed by atoms with Crippen molar-refractivity contribution in [2.24, 2.45) is 0 Å². The Morgan fingerprint density at radius 1 is 1.26 bits per heavy atom. The largest absolute Gasteiger partial charge is 0.492 e. The minimum atomic E-state index is -0.230. The van der Waals surface area contributed by atoms with Gasteiger partial charge >= 0.3 is 0 Å². The standard InChI is InChI=1S/C17H17O2.H2/c1-16(2)10-19-14-6-5-12(9-13(14)16)17(7-8-17)15(18)11-3-4-11;/h3-6,9H,7-8,10H2,1-2H3;1H. The van der Waals surface area contributed by atoms with E-state index in [2.05, 4.69) is 26.0 Å². The van der Waals surface area contributed by atoms with Gasteiger partial charge in [0.2, 0.25) is 0 Å². The van der Waals surface area contributed by atoms with Crippen LogP contribution in [0.2, 0.25) is 0 Å². The Balaban J connectivity index is 0.00000121. The zero-order valence-electron chi connectivity index (χ0n) is 11.3. The molecule has 0 atom stereocenters. The number of rotatable bonds is 3. The molecular formula is C17H19O2. The summed E-state index contributed by atoms with van der Waals surface area (Å²) in [6.07, 6.45) is 5.81. The lowest BCUT2D eigenvalue weighted by molar-refractivity contribution is -0.118. The van der Waals surface area contributed by atoms with Crippen LogP contribution in [0.1, 0.15) is 39.2 Å². The zero-order chi connectivity index (χ0) is 13.3. The number of carbonyl (C=O) groups excluding carboxylic acids is 1. The Morgan fingerprint density at radius 2 is 2.00 bits per heavy atom. The molecule has 1 saturated carbocycles. The molecular weight excluding hydrogens is 236 g/mol. The fourth-order valence-electron chi connectivity index (χ4n) is 3.06. The molecule has 0 N–H and O–H groups in total. The maximum absolute atomic E-state index is 12.4. The van der Waals surface area contributed by atoms with Crippen LogP contribution in [-0.2, 0) is 15.6 Å². The summed E-state index contributed by atoms with van der Waals surface area (Å²) in [6, 6.07) is 6.32. The molecule has 1 aliphatic heterocycles. The first kappa shape index (κ1) is 11.3. The molecule has 4 rings (SSSR count). The molecule has 1 heterocycles. The highest BCUT2D eigenvalue weighted by Crippen LogP contribution is 2.54. The summed E-state index contributed by atoms with van der Waals surface area (Å²) in [7, 11) is 0. The van der Waals surface area contributed by atoms with Crippen molar-refractivity contribution in [3.63, 3.8) is 0 Å². The van der Waals surface area contributed by atoms with E-state index in [1.54, 1.807) is 0 Å². The van der Waals surface area contributed by atoms with Crippen LogP contribution in [0.3, 0.4) is 0 Å². The van der Waals surface area contributed by atoms with Crippen LogP contribution in [0.25, 0.3) is 0 Å². The van der Waals surface area contributed by atoms with Crippen LogP contribution in [0.15, 0.2) is 30.4 Å². The molecule has 0 aromatic heterocycles. The lowest BCUT2D eigenvalue weighted by Gasteiger charge is -2.19. The van der Waals surface area contributed by atoms with Crippen molar-refractivity contribution in [3.05, 3.63) is 47.4 Å². The molecule has 19 heavy (non-hydrogen) atoms. The SMILES string of the molecule is CC1(C)COc2ccc(C3(C(=O)[C]4C=C4)CC3)cc21.[HH]. The van der Waals surface area contributed by atoms with Crippen molar-refractivity contribution in [3.8, 4) is 5.75 Å². The molecule has 0 saturated heterocycles. The lowest BCUT2D eigenvalue weighted by Crippen LogP contribution is -2.23. The first-order valence-electron chi connectivity index (χ1n) is 6.91. The fourth-order valence-corrected chi connectivity index (χ4v) is 3.06. The minimum absolute atomic E-state index is 0. The summed E-state index contributed by atoms with van der Waals surface area (Å²) in [4.78, 5) is 12.4. The Bertz CT molecular complexity index is 605. The number of benzene rings is 1. The van der Waals surface area contributed by atoms with Crippen LogP contribution in [0, 0.1) is 5.92 Å². The molecule has 0 bridgehead atoms. The highest BCUT2D eigenvalue weighted by atomic mass is 16.5. The Kier molecular flexibility index (Phi) is 1.96. The van der Waals surface area contributed by atoms with Gasteiger partial charge in [0, 0.05) is 12.4 Å². The van der Waals surface area contributed by atoms with Crippen molar-refractivity contribution < 1.29 is 11.0 Å². The van der Waals surface area contributed by atoms with E-state index in [9.17, 15) is 4.79 Å². The van der Waals surface area contributed by atoms with E-state index in [4.69, 9.17) is 4.74 Å². The summed E-state index contributed by atoms with van der Waals surface area (Å²) < 4.78 is 5.72. The summed E-state index contributed by atoms with van der Waals surface area (Å²) in [5.41, 5.74) is 2.25. The van der Waals surface area contributed by atoms with Gasteiger partial charge in [-0.1, -0.05) is 38.1 Å². The van der Waals surface area contributed by atoms with Crippen molar-refractivity contribution in [1.82, 2.24) is 0 Å². The Labute approximate surface area is 114 Å². The normalized spacial score (nSPS) is 24.7. The van der Waals surface area contributed by atoms with Gasteiger partial charge in [0.1, 0.15) is 5.75 Å². The van der Waals surface area contributed by atoms with Crippen LogP contribution in [-0.4, -0.2) is 12.4 Å². The van der Waals surface area contributed by atoms with Gasteiger partial charge in [-0.3, -0.25) is 4.79 Å². The smallest absolute Gasteiger partial charge is 0.158 e. The molecule has 2 aliphatic carbocycles. The van der Waals surface area contributed by atoms with Gasteiger partial charge in [-0.15, -0.1) is 0 Å². The second-order valence-electron chi connectivity index (χ2n) is 6.58. The highest BCUT2D eigenvalue weighted by Gasteiger charge is 2.54. The van der Waals surface area contributed by atoms with Crippen molar-refractivity contribution >= 4 is 5.78 Å². The predicted molar refractivity (Wildman–Crippen MR) is 75.4 cm³/mol. The molecule has 1 fully saturated rings. The third-order valence-corrected chi connectivity index (χ3v) is 4.63. The van der Waals surface area contributed by atoms with Crippen LogP contribution >= 0.6 is 0 Å². The maximum atomic E-state index is 12.4. The second kappa shape index (κ2) is 3.30. The number of ether oxygens (including phenoxy) is 1. The molecule has 1 aromatic carbocycles. The summed E-state index contributed by atoms with van der Waals surface area (Å²) in [5.74, 6) is 2.20. The highest BCUT2D eigenvalue weighted by molar-refractivity contribution is 6.10. The topological polar surface area (TPSA) is 26.3 Å². The predicted octanol–water partition coefficient (Wildman–Crippen LogP) is 3.35. The first-order valence-corrected chi connectivity index (χ1v) is 6.91. The van der Waals surface area contributed by atoms with Crippen LogP contribution in [0.5, 0.6) is 5.75 Å². The molecule has 99 valence electrons. The van der Waals surface area contributed by atoms with E-state index < -0.39 is 0 Å². The molecule has 3 aliphatic rings. The van der Waals surface area contributed by atoms with Crippen molar-refractivity contribution in [1.29, 1.82) is 0 Å². The van der Waals surface area contributed by atoms with E-state index in [0.29, 0.717) is 5.78 Å². The van der Waals surface area contributed by atoms with Gasteiger partial charge < -0.3 is 4.74 Å². The Morgan fingerprint density at radius 3 is 2.63 bits per heavy atom. The molecule has 2 heteroatoms. The number of fused-ring (bicyclic) bond motifs is 1. The van der Waals surface area contributed by atoms with Crippen molar-refractivity contribution in [2.75, 3.05) is 6.61 Å². The number of allylic oxidation sites excluding steroid dienone is 2. The number of hydrogen-bond donors (Lipinski definition) is 0. The van der Waals surface area contributed by atoms with Gasteiger partial charge in [-0.25, -0.2) is 0 Å². The van der Waals surface area contributed by atoms with E-state index in [-0.39, 0.29) is 12.3 Å². The first-order chi connectivity index (χ1) is 9.03. The third kappa shape index (κ3) is 1.52. The lowest BCUT2D eigenvalue weighted by atomic mass is 9.82. The second-order valence-corrected chi connectivity index (χ2v) is 6.58. The van der Waals surface area contributed by atoms with E-state index in [0.717, 1.165) is 31.1 Å². The van der Waals surface area contributed by atoms with Gasteiger partial charge in [0.25, 0.3) is 0 Å². The number of ketones is 1. The number of hydrogen-bond acceptors (Lipinski definition) is 2.